The van der Waals surface area contributed by atoms with Gasteiger partial charge in [-0.3, -0.25) is 0 Å². The van der Waals surface area contributed by atoms with Crippen molar-refractivity contribution in [3.05, 3.63) is 34.5 Å². The summed E-state index contributed by atoms with van der Waals surface area (Å²) < 4.78 is 35.2. The molecular formula is C21H26N4O4S. The number of aryl methyl sites for hydroxylation is 3. The van der Waals surface area contributed by atoms with Gasteiger partial charge in [0.15, 0.2) is 4.90 Å². The fourth-order valence-electron chi connectivity index (χ4n) is 4.84. The number of hydrogen-bond acceptors (Lipinski definition) is 5. The Kier molecular flexibility index (Phi) is 4.92. The SMILES string of the molecule is O=C(Nc1c2c(cc3c1CCC3)CCC2)NS(=O)(=O)c1cnn2c1OCCCCC2. The number of nitrogens with zero attached hydrogens (tertiary/aromatic N) is 2. The molecule has 2 amide bonds. The van der Waals surface area contributed by atoms with Crippen molar-refractivity contribution in [2.24, 2.45) is 0 Å². The van der Waals surface area contributed by atoms with Crippen molar-refractivity contribution in [2.45, 2.75) is 69.2 Å². The van der Waals surface area contributed by atoms with Crippen LogP contribution in [0.4, 0.5) is 10.5 Å². The van der Waals surface area contributed by atoms with Crippen LogP contribution in [0.15, 0.2) is 17.2 Å². The number of sulfonamides is 1. The van der Waals surface area contributed by atoms with E-state index < -0.39 is 16.1 Å². The molecule has 160 valence electrons. The number of aromatic nitrogens is 2. The molecule has 2 aliphatic carbocycles. The van der Waals surface area contributed by atoms with Gasteiger partial charge in [0.1, 0.15) is 0 Å². The van der Waals surface area contributed by atoms with Crippen molar-refractivity contribution >= 4 is 21.7 Å². The molecule has 1 aromatic carbocycles. The van der Waals surface area contributed by atoms with Crippen LogP contribution in [0.25, 0.3) is 0 Å². The molecule has 2 aromatic rings. The zero-order valence-corrected chi connectivity index (χ0v) is 17.7. The van der Waals surface area contributed by atoms with Crippen molar-refractivity contribution in [1.29, 1.82) is 0 Å². The quantitative estimate of drug-likeness (QED) is 0.779. The molecule has 0 saturated carbocycles. The molecule has 9 heteroatoms. The first kappa shape index (κ1) is 19.4. The number of rotatable bonds is 3. The molecular weight excluding hydrogens is 404 g/mol. The molecule has 0 bridgehead atoms. The second-order valence-corrected chi connectivity index (χ2v) is 9.89. The van der Waals surface area contributed by atoms with Gasteiger partial charge in [-0.2, -0.15) is 5.10 Å². The van der Waals surface area contributed by atoms with Gasteiger partial charge in [-0.15, -0.1) is 0 Å². The fraction of sp³-hybridized carbons (Fsp3) is 0.524. The molecule has 5 rings (SSSR count). The van der Waals surface area contributed by atoms with Gasteiger partial charge in [0, 0.05) is 12.2 Å². The summed E-state index contributed by atoms with van der Waals surface area (Å²) in [5, 5.41) is 7.02. The van der Waals surface area contributed by atoms with E-state index in [1.165, 1.54) is 17.3 Å². The van der Waals surface area contributed by atoms with Crippen molar-refractivity contribution in [3.8, 4) is 5.88 Å². The number of carbonyl (C=O) groups is 1. The molecule has 2 heterocycles. The van der Waals surface area contributed by atoms with E-state index >= 15 is 0 Å². The number of ether oxygens (including phenoxy) is 1. The van der Waals surface area contributed by atoms with E-state index in [0.29, 0.717) is 13.2 Å². The summed E-state index contributed by atoms with van der Waals surface area (Å²) in [6.07, 6.45) is 10.0. The Balaban J connectivity index is 1.39. The maximum absolute atomic E-state index is 12.9. The van der Waals surface area contributed by atoms with Crippen LogP contribution in [0.3, 0.4) is 0 Å². The molecule has 30 heavy (non-hydrogen) atoms. The van der Waals surface area contributed by atoms with Crippen LogP contribution < -0.4 is 14.8 Å². The van der Waals surface area contributed by atoms with E-state index in [4.69, 9.17) is 4.74 Å². The summed E-state index contributed by atoms with van der Waals surface area (Å²) in [7, 11) is -4.10. The molecule has 0 spiro atoms. The lowest BCUT2D eigenvalue weighted by atomic mass is 9.99. The van der Waals surface area contributed by atoms with E-state index in [0.717, 1.165) is 74.6 Å². The highest BCUT2D eigenvalue weighted by atomic mass is 32.2. The van der Waals surface area contributed by atoms with E-state index in [9.17, 15) is 13.2 Å². The van der Waals surface area contributed by atoms with Gasteiger partial charge in [0.25, 0.3) is 10.0 Å². The minimum absolute atomic E-state index is 0.0944. The van der Waals surface area contributed by atoms with Crippen LogP contribution in [-0.4, -0.2) is 30.8 Å². The third-order valence-electron chi connectivity index (χ3n) is 6.24. The summed E-state index contributed by atoms with van der Waals surface area (Å²) in [4.78, 5) is 12.7. The molecule has 0 radical (unpaired) electrons. The van der Waals surface area contributed by atoms with Gasteiger partial charge >= 0.3 is 6.03 Å². The van der Waals surface area contributed by atoms with E-state index in [1.807, 2.05) is 0 Å². The minimum atomic E-state index is -4.10. The average Bonchev–Trinajstić information content (AvgIpc) is 3.40. The number of urea groups is 1. The standard InChI is InChI=1S/C21H26N4O4S/c26-21(23-19-16-8-4-6-14(16)12-15-7-5-9-17(15)19)24-30(27,28)18-13-22-25-10-2-1-3-11-29-20(18)25/h12-13H,1-11H2,(H2,23,24,26). The molecule has 1 aromatic heterocycles. The van der Waals surface area contributed by atoms with Gasteiger partial charge in [-0.25, -0.2) is 22.6 Å². The summed E-state index contributed by atoms with van der Waals surface area (Å²) in [5.74, 6) is 0.205. The van der Waals surface area contributed by atoms with Crippen molar-refractivity contribution < 1.29 is 17.9 Å². The normalized spacial score (nSPS) is 17.9. The second-order valence-electron chi connectivity index (χ2n) is 8.24. The Hall–Kier alpha value is -2.55. The lowest BCUT2D eigenvalue weighted by Crippen LogP contribution is -2.35. The molecule has 2 N–H and O–H groups in total. The molecule has 0 unspecified atom stereocenters. The van der Waals surface area contributed by atoms with Crippen molar-refractivity contribution in [1.82, 2.24) is 14.5 Å². The van der Waals surface area contributed by atoms with E-state index in [-0.39, 0.29) is 10.8 Å². The van der Waals surface area contributed by atoms with E-state index in [2.05, 4.69) is 21.2 Å². The van der Waals surface area contributed by atoms with Crippen LogP contribution in [-0.2, 0) is 42.3 Å². The van der Waals surface area contributed by atoms with Gasteiger partial charge in [-0.1, -0.05) is 6.07 Å². The third kappa shape index (κ3) is 3.45. The largest absolute Gasteiger partial charge is 0.477 e. The Morgan fingerprint density at radius 3 is 2.47 bits per heavy atom. The third-order valence-corrected chi connectivity index (χ3v) is 7.55. The molecule has 0 fully saturated rings. The summed E-state index contributed by atoms with van der Waals surface area (Å²) >= 11 is 0. The predicted molar refractivity (Wildman–Crippen MR) is 111 cm³/mol. The first-order valence-electron chi connectivity index (χ1n) is 10.7. The minimum Gasteiger partial charge on any atom is -0.477 e. The van der Waals surface area contributed by atoms with Crippen LogP contribution in [0.1, 0.15) is 54.4 Å². The zero-order valence-electron chi connectivity index (χ0n) is 16.9. The molecule has 1 aliphatic heterocycles. The average molecular weight is 431 g/mol. The van der Waals surface area contributed by atoms with Crippen LogP contribution >= 0.6 is 0 Å². The zero-order chi connectivity index (χ0) is 20.7. The number of hydrogen-bond donors (Lipinski definition) is 2. The molecule has 0 atom stereocenters. The number of anilines is 1. The van der Waals surface area contributed by atoms with Crippen molar-refractivity contribution in [3.63, 3.8) is 0 Å². The van der Waals surface area contributed by atoms with Crippen LogP contribution in [0.5, 0.6) is 5.88 Å². The first-order valence-corrected chi connectivity index (χ1v) is 12.2. The number of fused-ring (bicyclic) bond motifs is 3. The molecule has 0 saturated heterocycles. The fourth-order valence-corrected chi connectivity index (χ4v) is 5.82. The van der Waals surface area contributed by atoms with Gasteiger partial charge in [-0.05, 0) is 80.0 Å². The van der Waals surface area contributed by atoms with Crippen molar-refractivity contribution in [2.75, 3.05) is 11.9 Å². The summed E-state index contributed by atoms with van der Waals surface area (Å²) in [6.45, 7) is 1.03. The highest BCUT2D eigenvalue weighted by Gasteiger charge is 2.29. The number of benzene rings is 1. The topological polar surface area (TPSA) is 102 Å². The number of amides is 2. The highest BCUT2D eigenvalue weighted by molar-refractivity contribution is 7.90. The second kappa shape index (κ2) is 7.61. The highest BCUT2D eigenvalue weighted by Crippen LogP contribution is 2.38. The first-order chi connectivity index (χ1) is 14.5. The number of nitrogens with one attached hydrogen (secondary N) is 2. The smallest absolute Gasteiger partial charge is 0.333 e. The maximum atomic E-state index is 12.9. The predicted octanol–water partition coefficient (Wildman–Crippen LogP) is 2.93. The van der Waals surface area contributed by atoms with Crippen LogP contribution in [0, 0.1) is 0 Å². The van der Waals surface area contributed by atoms with Crippen LogP contribution in [0.2, 0.25) is 0 Å². The lowest BCUT2D eigenvalue weighted by molar-refractivity contribution is 0.248. The van der Waals surface area contributed by atoms with Gasteiger partial charge in [0.2, 0.25) is 5.88 Å². The van der Waals surface area contributed by atoms with Gasteiger partial charge < -0.3 is 10.1 Å². The summed E-state index contributed by atoms with van der Waals surface area (Å²) in [5.41, 5.74) is 5.68. The number of carbonyl (C=O) groups excluding carboxylic acids is 1. The maximum Gasteiger partial charge on any atom is 0.333 e. The van der Waals surface area contributed by atoms with Gasteiger partial charge in [0.05, 0.1) is 12.8 Å². The Labute approximate surface area is 176 Å². The summed E-state index contributed by atoms with van der Waals surface area (Å²) in [6, 6.07) is 1.53. The molecule has 8 nitrogen and oxygen atoms in total. The Morgan fingerprint density at radius 1 is 1.00 bits per heavy atom. The Morgan fingerprint density at radius 2 is 1.73 bits per heavy atom. The lowest BCUT2D eigenvalue weighted by Gasteiger charge is -2.17. The Bertz CT molecular complexity index is 1070. The molecule has 3 aliphatic rings. The monoisotopic (exact) mass is 430 g/mol. The van der Waals surface area contributed by atoms with E-state index in [1.54, 1.807) is 4.68 Å².